The minimum atomic E-state index is -0.996. The van der Waals surface area contributed by atoms with Crippen LogP contribution in [0.15, 0.2) is 46.5 Å². The molecule has 3 N–H and O–H groups in total. The van der Waals surface area contributed by atoms with Crippen LogP contribution in [0.5, 0.6) is 0 Å². The maximum absolute atomic E-state index is 11.9. The summed E-state index contributed by atoms with van der Waals surface area (Å²) in [5.41, 5.74) is 3.45. The Morgan fingerprint density at radius 3 is 2.58 bits per heavy atom. The van der Waals surface area contributed by atoms with Gasteiger partial charge in [-0.05, 0) is 38.6 Å². The van der Waals surface area contributed by atoms with E-state index >= 15 is 0 Å². The number of carbonyl (C=O) groups is 1. The average Bonchev–Trinajstić information content (AvgIpc) is 2.98. The van der Waals surface area contributed by atoms with Crippen molar-refractivity contribution in [1.82, 2.24) is 5.32 Å². The number of amidine groups is 1. The molecule has 31 heavy (non-hydrogen) atoms. The van der Waals surface area contributed by atoms with E-state index in [4.69, 9.17) is 16.6 Å². The molecule has 2 heterocycles. The number of rotatable bonds is 6. The van der Waals surface area contributed by atoms with Crippen molar-refractivity contribution in [3.63, 3.8) is 0 Å². The third-order valence-corrected chi connectivity index (χ3v) is 6.60. The lowest BCUT2D eigenvalue weighted by Crippen LogP contribution is -2.40. The van der Waals surface area contributed by atoms with Crippen LogP contribution in [0.4, 0.5) is 5.00 Å². The van der Waals surface area contributed by atoms with Gasteiger partial charge in [0.15, 0.2) is 0 Å². The van der Waals surface area contributed by atoms with Gasteiger partial charge in [0.05, 0.1) is 5.71 Å². The second-order valence-corrected chi connectivity index (χ2v) is 8.67. The van der Waals surface area contributed by atoms with E-state index in [9.17, 15) is 15.0 Å². The summed E-state index contributed by atoms with van der Waals surface area (Å²) in [6.45, 7) is 7.72. The van der Waals surface area contributed by atoms with Crippen LogP contribution in [0.25, 0.3) is 0 Å². The molecule has 2 aromatic rings. The van der Waals surface area contributed by atoms with Crippen molar-refractivity contribution in [1.29, 1.82) is 0 Å². The van der Waals surface area contributed by atoms with Crippen LogP contribution in [0, 0.1) is 6.92 Å². The van der Waals surface area contributed by atoms with Gasteiger partial charge in [0.1, 0.15) is 28.0 Å². The van der Waals surface area contributed by atoms with E-state index in [0.717, 1.165) is 11.1 Å². The largest absolute Gasteiger partial charge is 0.477 e. The van der Waals surface area contributed by atoms with E-state index in [-0.39, 0.29) is 11.3 Å². The number of anilines is 1. The Bertz CT molecular complexity index is 1080. The molecule has 1 aliphatic heterocycles. The fourth-order valence-electron chi connectivity index (χ4n) is 3.60. The fourth-order valence-corrected chi connectivity index (χ4v) is 4.96. The minimum Gasteiger partial charge on any atom is -0.477 e. The lowest BCUT2D eigenvalue weighted by molar-refractivity contribution is 0.0701. The zero-order chi connectivity index (χ0) is 22.9. The molecule has 0 amide bonds. The molecule has 1 aromatic carbocycles. The summed E-state index contributed by atoms with van der Waals surface area (Å²) >= 11 is 7.26. The number of aromatic carboxylic acids is 1. The Hall–Kier alpha value is -2.52. The van der Waals surface area contributed by atoms with Crippen molar-refractivity contribution in [2.75, 3.05) is 19.0 Å². The number of benzene rings is 1. The number of hydrogen-bond acceptors (Lipinski definition) is 6. The van der Waals surface area contributed by atoms with Crippen molar-refractivity contribution in [2.45, 2.75) is 32.5 Å². The fraction of sp³-hybridized carbons (Fsp3) is 0.318. The van der Waals surface area contributed by atoms with Gasteiger partial charge in [0.25, 0.3) is 0 Å². The van der Waals surface area contributed by atoms with Gasteiger partial charge in [-0.3, -0.25) is 20.2 Å². The molecule has 1 aromatic heterocycles. The number of carboxylic acids is 1. The van der Waals surface area contributed by atoms with Crippen LogP contribution < -0.4 is 10.2 Å². The van der Waals surface area contributed by atoms with Gasteiger partial charge in [-0.15, -0.1) is 11.3 Å². The van der Waals surface area contributed by atoms with Crippen molar-refractivity contribution in [3.8, 4) is 0 Å². The number of aliphatic hydroxyl groups excluding tert-OH is 1. The number of aliphatic imine (C=N–C) groups is 2. The van der Waals surface area contributed by atoms with E-state index in [0.29, 0.717) is 32.8 Å². The predicted molar refractivity (Wildman–Crippen MR) is 127 cm³/mol. The predicted octanol–water partition coefficient (Wildman–Crippen LogP) is 3.92. The smallest absolute Gasteiger partial charge is 0.346 e. The molecular formula is C22H25ClN4O3S. The van der Waals surface area contributed by atoms with Crippen molar-refractivity contribution in [2.24, 2.45) is 9.98 Å². The molecule has 0 bridgehead atoms. The minimum absolute atomic E-state index is 0.238. The van der Waals surface area contributed by atoms with Crippen LogP contribution in [0.1, 0.15) is 39.7 Å². The lowest BCUT2D eigenvalue weighted by Gasteiger charge is -2.28. The van der Waals surface area contributed by atoms with E-state index < -0.39 is 18.2 Å². The molecular weight excluding hydrogens is 436 g/mol. The topological polar surface area (TPSA) is 97.5 Å². The van der Waals surface area contributed by atoms with E-state index in [2.05, 4.69) is 16.9 Å². The molecule has 7 nitrogen and oxygen atoms in total. The number of nitrogens with one attached hydrogen (secondary N) is 1. The molecule has 1 aliphatic rings. The number of hydrogen-bond donors (Lipinski definition) is 3. The van der Waals surface area contributed by atoms with E-state index in [1.54, 1.807) is 33.2 Å². The first kappa shape index (κ1) is 23.1. The van der Waals surface area contributed by atoms with Crippen LogP contribution in [0.2, 0.25) is 5.02 Å². The second kappa shape index (κ2) is 9.32. The maximum atomic E-state index is 11.9. The Labute approximate surface area is 190 Å². The maximum Gasteiger partial charge on any atom is 0.346 e. The van der Waals surface area contributed by atoms with Gasteiger partial charge >= 0.3 is 5.97 Å². The molecule has 0 spiro atoms. The summed E-state index contributed by atoms with van der Waals surface area (Å²) < 4.78 is 0. The summed E-state index contributed by atoms with van der Waals surface area (Å²) in [6, 6.07) is 6.77. The monoisotopic (exact) mass is 460 g/mol. The second-order valence-electron chi connectivity index (χ2n) is 7.23. The van der Waals surface area contributed by atoms with Crippen molar-refractivity contribution >= 4 is 45.5 Å². The molecule has 9 heteroatoms. The van der Waals surface area contributed by atoms with Crippen LogP contribution >= 0.6 is 22.9 Å². The number of allylic oxidation sites excluding steroid dienone is 1. The number of halogens is 1. The zero-order valence-corrected chi connectivity index (χ0v) is 19.4. The summed E-state index contributed by atoms with van der Waals surface area (Å²) in [7, 11) is 3.33. The van der Waals surface area contributed by atoms with Crippen molar-refractivity contribution in [3.05, 3.63) is 63.1 Å². The molecule has 164 valence electrons. The van der Waals surface area contributed by atoms with Crippen molar-refractivity contribution < 1.29 is 15.0 Å². The van der Waals surface area contributed by atoms with Crippen LogP contribution in [-0.2, 0) is 0 Å². The normalized spacial score (nSPS) is 18.4. The molecule has 0 fully saturated rings. The molecule has 0 radical (unpaired) electrons. The molecule has 0 saturated carbocycles. The van der Waals surface area contributed by atoms with Gasteiger partial charge in [0, 0.05) is 35.3 Å². The summed E-state index contributed by atoms with van der Waals surface area (Å²) in [6.07, 6.45) is -0.514. The first-order chi connectivity index (χ1) is 14.7. The number of carboxylic acid groups (broad SMARTS) is 1. The quantitative estimate of drug-likeness (QED) is 0.567. The van der Waals surface area contributed by atoms with Gasteiger partial charge in [-0.2, -0.15) is 0 Å². The number of nitrogens with zero attached hydrogens (tertiary/aromatic N) is 3. The highest BCUT2D eigenvalue weighted by molar-refractivity contribution is 7.18. The van der Waals surface area contributed by atoms with E-state index in [1.807, 2.05) is 24.0 Å². The van der Waals surface area contributed by atoms with Gasteiger partial charge in [-0.25, -0.2) is 4.79 Å². The SMILES string of the molecule is C=C(C)N1C(=NC)C(CC(O)NC)N=C(c2ccc(Cl)cc2)c2c1sc(C(=O)O)c2C. The van der Waals surface area contributed by atoms with E-state index in [1.165, 1.54) is 11.3 Å². The summed E-state index contributed by atoms with van der Waals surface area (Å²) in [4.78, 5) is 23.5. The Morgan fingerprint density at radius 2 is 2.06 bits per heavy atom. The number of fused-ring (bicyclic) bond motifs is 1. The summed E-state index contributed by atoms with van der Waals surface area (Å²) in [5.74, 6) is -0.407. The highest BCUT2D eigenvalue weighted by Gasteiger charge is 2.36. The first-order valence-electron chi connectivity index (χ1n) is 9.68. The zero-order valence-electron chi connectivity index (χ0n) is 17.8. The number of thiophene rings is 1. The van der Waals surface area contributed by atoms with Gasteiger partial charge < -0.3 is 10.2 Å². The summed E-state index contributed by atoms with van der Waals surface area (Å²) in [5, 5.41) is 24.2. The van der Waals surface area contributed by atoms with Gasteiger partial charge in [0.2, 0.25) is 0 Å². The Morgan fingerprint density at radius 1 is 1.42 bits per heavy atom. The Balaban J connectivity index is 2.37. The van der Waals surface area contributed by atoms with Crippen LogP contribution in [-0.4, -0.2) is 54.1 Å². The third kappa shape index (κ3) is 4.43. The molecule has 3 rings (SSSR count). The number of aliphatic hydroxyl groups is 1. The molecule has 2 unspecified atom stereocenters. The Kier molecular flexibility index (Phi) is 6.96. The standard InChI is InChI=1S/C22H25ClN4O3S/c1-11(2)27-20(25-5)15(10-16(28)24-4)26-18(13-6-8-14(23)9-7-13)17-12(3)19(22(29)30)31-21(17)27/h6-9,15-16,24,28H,1,10H2,2-5H3,(H,29,30). The molecule has 2 atom stereocenters. The van der Waals surface area contributed by atoms with Gasteiger partial charge in [-0.1, -0.05) is 30.3 Å². The lowest BCUT2D eigenvalue weighted by atomic mass is 9.99. The highest BCUT2D eigenvalue weighted by atomic mass is 35.5. The molecule has 0 aliphatic carbocycles. The highest BCUT2D eigenvalue weighted by Crippen LogP contribution is 2.42. The third-order valence-electron chi connectivity index (χ3n) is 5.08. The average molecular weight is 461 g/mol. The molecule has 0 saturated heterocycles. The van der Waals surface area contributed by atoms with Crippen LogP contribution in [0.3, 0.4) is 0 Å². The first-order valence-corrected chi connectivity index (χ1v) is 10.9.